The molecule has 1 saturated carbocycles. The number of nitrogens with one attached hydrogen (secondary N) is 1. The Morgan fingerprint density at radius 2 is 1.82 bits per heavy atom. The van der Waals surface area contributed by atoms with Gasteiger partial charge in [-0.1, -0.05) is 35.5 Å². The maximum Gasteiger partial charge on any atom is 0.316 e. The van der Waals surface area contributed by atoms with Crippen molar-refractivity contribution in [3.05, 3.63) is 60.3 Å². The van der Waals surface area contributed by atoms with Crippen molar-refractivity contribution in [2.24, 2.45) is 0 Å². The highest BCUT2D eigenvalue weighted by molar-refractivity contribution is 5.93. The minimum atomic E-state index is -0.498. The van der Waals surface area contributed by atoms with Gasteiger partial charge in [0.25, 0.3) is 5.91 Å². The van der Waals surface area contributed by atoms with E-state index in [-0.39, 0.29) is 29.8 Å². The summed E-state index contributed by atoms with van der Waals surface area (Å²) < 4.78 is 23.8. The number of amides is 1. The molecule has 0 bridgehead atoms. The van der Waals surface area contributed by atoms with Crippen LogP contribution >= 0.6 is 0 Å². The molecule has 28 heavy (non-hydrogen) atoms. The third kappa shape index (κ3) is 4.33. The summed E-state index contributed by atoms with van der Waals surface area (Å²) in [7, 11) is 0. The SMILES string of the molecule is O=C(NC1CCC(Oc2ncc(F)cn2)CC1)c1cc(-c2ccccc2)on1. The van der Waals surface area contributed by atoms with Crippen molar-refractivity contribution in [2.75, 3.05) is 0 Å². The summed E-state index contributed by atoms with van der Waals surface area (Å²) >= 11 is 0. The minimum Gasteiger partial charge on any atom is -0.460 e. The molecule has 0 aliphatic heterocycles. The average molecular weight is 382 g/mol. The Hall–Kier alpha value is -3.29. The van der Waals surface area contributed by atoms with E-state index >= 15 is 0 Å². The smallest absolute Gasteiger partial charge is 0.316 e. The number of rotatable bonds is 5. The van der Waals surface area contributed by atoms with Gasteiger partial charge in [0.15, 0.2) is 17.3 Å². The van der Waals surface area contributed by atoms with E-state index in [0.717, 1.165) is 43.6 Å². The van der Waals surface area contributed by atoms with Gasteiger partial charge in [0, 0.05) is 17.7 Å². The van der Waals surface area contributed by atoms with Gasteiger partial charge in [-0.3, -0.25) is 4.79 Å². The lowest BCUT2D eigenvalue weighted by Crippen LogP contribution is -2.39. The summed E-state index contributed by atoms with van der Waals surface area (Å²) in [4.78, 5) is 20.1. The van der Waals surface area contributed by atoms with Gasteiger partial charge in [0.2, 0.25) is 0 Å². The van der Waals surface area contributed by atoms with Crippen molar-refractivity contribution in [1.82, 2.24) is 20.4 Å². The lowest BCUT2D eigenvalue weighted by atomic mass is 9.93. The molecule has 0 saturated heterocycles. The molecule has 0 atom stereocenters. The van der Waals surface area contributed by atoms with Gasteiger partial charge in [-0.05, 0) is 25.7 Å². The number of carbonyl (C=O) groups is 1. The molecular weight excluding hydrogens is 363 g/mol. The number of hydrogen-bond acceptors (Lipinski definition) is 6. The monoisotopic (exact) mass is 382 g/mol. The molecule has 8 heteroatoms. The maximum atomic E-state index is 12.8. The highest BCUT2D eigenvalue weighted by Crippen LogP contribution is 2.23. The van der Waals surface area contributed by atoms with Crippen LogP contribution in [0.3, 0.4) is 0 Å². The van der Waals surface area contributed by atoms with E-state index in [0.29, 0.717) is 5.76 Å². The summed E-state index contributed by atoms with van der Waals surface area (Å²) in [6.07, 6.45) is 5.14. The first kappa shape index (κ1) is 18.1. The molecule has 1 aromatic carbocycles. The van der Waals surface area contributed by atoms with E-state index in [1.165, 1.54) is 0 Å². The Labute approximate surface area is 160 Å². The first-order chi connectivity index (χ1) is 13.7. The normalized spacial score (nSPS) is 19.2. The van der Waals surface area contributed by atoms with Gasteiger partial charge in [-0.15, -0.1) is 0 Å². The number of ether oxygens (including phenoxy) is 1. The number of nitrogens with zero attached hydrogens (tertiary/aromatic N) is 3. The predicted molar refractivity (Wildman–Crippen MR) is 98.1 cm³/mol. The number of hydrogen-bond donors (Lipinski definition) is 1. The third-order valence-corrected chi connectivity index (χ3v) is 4.68. The molecule has 1 aliphatic rings. The molecule has 2 aromatic heterocycles. The van der Waals surface area contributed by atoms with Gasteiger partial charge in [-0.25, -0.2) is 14.4 Å². The van der Waals surface area contributed by atoms with Crippen LogP contribution in [0.15, 0.2) is 53.3 Å². The van der Waals surface area contributed by atoms with Crippen molar-refractivity contribution in [2.45, 2.75) is 37.8 Å². The van der Waals surface area contributed by atoms with E-state index < -0.39 is 5.82 Å². The van der Waals surface area contributed by atoms with Crippen LogP contribution in [-0.4, -0.2) is 33.2 Å². The molecule has 1 N–H and O–H groups in total. The minimum absolute atomic E-state index is 0.0401. The molecule has 1 amide bonds. The topological polar surface area (TPSA) is 90.1 Å². The van der Waals surface area contributed by atoms with E-state index in [4.69, 9.17) is 9.26 Å². The number of halogens is 1. The second-order valence-corrected chi connectivity index (χ2v) is 6.69. The van der Waals surface area contributed by atoms with Crippen molar-refractivity contribution in [1.29, 1.82) is 0 Å². The summed E-state index contributed by atoms with van der Waals surface area (Å²) in [6.45, 7) is 0. The molecule has 0 spiro atoms. The Bertz CT molecular complexity index is 922. The van der Waals surface area contributed by atoms with Crippen LogP contribution in [-0.2, 0) is 0 Å². The summed E-state index contributed by atoms with van der Waals surface area (Å²) in [5.74, 6) is -0.193. The standard InChI is InChI=1S/C20H19FN4O3/c21-14-11-22-20(23-12-14)27-16-8-6-15(7-9-16)24-19(26)17-10-18(28-25-17)13-4-2-1-3-5-13/h1-5,10-12,15-16H,6-9H2,(H,24,26). The lowest BCUT2D eigenvalue weighted by molar-refractivity contribution is 0.0876. The highest BCUT2D eigenvalue weighted by Gasteiger charge is 2.25. The number of benzene rings is 1. The van der Waals surface area contributed by atoms with E-state index in [2.05, 4.69) is 20.4 Å². The van der Waals surface area contributed by atoms with Crippen LogP contribution in [0.5, 0.6) is 6.01 Å². The van der Waals surface area contributed by atoms with Gasteiger partial charge in [0.05, 0.1) is 12.4 Å². The van der Waals surface area contributed by atoms with Crippen LogP contribution in [0, 0.1) is 5.82 Å². The number of carbonyl (C=O) groups excluding carboxylic acids is 1. The van der Waals surface area contributed by atoms with Crippen LogP contribution in [0.25, 0.3) is 11.3 Å². The number of aromatic nitrogens is 3. The quantitative estimate of drug-likeness (QED) is 0.727. The molecule has 0 radical (unpaired) electrons. The van der Waals surface area contributed by atoms with Gasteiger partial charge in [0.1, 0.15) is 6.10 Å². The molecule has 144 valence electrons. The average Bonchev–Trinajstić information content (AvgIpc) is 3.22. The van der Waals surface area contributed by atoms with Gasteiger partial charge < -0.3 is 14.6 Å². The third-order valence-electron chi connectivity index (χ3n) is 4.68. The largest absolute Gasteiger partial charge is 0.460 e. The Morgan fingerprint density at radius 3 is 2.54 bits per heavy atom. The summed E-state index contributed by atoms with van der Waals surface area (Å²) in [5.41, 5.74) is 1.13. The zero-order valence-corrected chi connectivity index (χ0v) is 15.0. The fraction of sp³-hybridized carbons (Fsp3) is 0.300. The van der Waals surface area contributed by atoms with Crippen molar-refractivity contribution in [3.8, 4) is 17.3 Å². The second kappa shape index (κ2) is 8.16. The van der Waals surface area contributed by atoms with Crippen LogP contribution in [0.2, 0.25) is 0 Å². The van der Waals surface area contributed by atoms with Crippen molar-refractivity contribution in [3.63, 3.8) is 0 Å². The molecular formula is C20H19FN4O3. The predicted octanol–water partition coefficient (Wildman–Crippen LogP) is 3.39. The zero-order valence-electron chi connectivity index (χ0n) is 15.0. The molecule has 1 aliphatic carbocycles. The molecule has 2 heterocycles. The van der Waals surface area contributed by atoms with E-state index in [9.17, 15) is 9.18 Å². The summed E-state index contributed by atoms with van der Waals surface area (Å²) in [5, 5.41) is 6.87. The van der Waals surface area contributed by atoms with Crippen LogP contribution in [0.1, 0.15) is 36.2 Å². The van der Waals surface area contributed by atoms with Crippen molar-refractivity contribution >= 4 is 5.91 Å². The highest BCUT2D eigenvalue weighted by atomic mass is 19.1. The second-order valence-electron chi connectivity index (χ2n) is 6.69. The van der Waals surface area contributed by atoms with Gasteiger partial charge in [-0.2, -0.15) is 0 Å². The van der Waals surface area contributed by atoms with Gasteiger partial charge >= 0.3 is 6.01 Å². The zero-order chi connectivity index (χ0) is 19.3. The Kier molecular flexibility index (Phi) is 5.27. The molecule has 7 nitrogen and oxygen atoms in total. The molecule has 1 fully saturated rings. The first-order valence-electron chi connectivity index (χ1n) is 9.14. The summed E-state index contributed by atoms with van der Waals surface area (Å²) in [6, 6.07) is 11.4. The Balaban J connectivity index is 1.28. The fourth-order valence-corrected chi connectivity index (χ4v) is 3.22. The first-order valence-corrected chi connectivity index (χ1v) is 9.14. The Morgan fingerprint density at radius 1 is 1.11 bits per heavy atom. The van der Waals surface area contributed by atoms with Crippen LogP contribution < -0.4 is 10.1 Å². The maximum absolute atomic E-state index is 12.8. The van der Waals surface area contributed by atoms with Crippen LogP contribution in [0.4, 0.5) is 4.39 Å². The lowest BCUT2D eigenvalue weighted by Gasteiger charge is -2.28. The molecule has 0 unspecified atom stereocenters. The van der Waals surface area contributed by atoms with E-state index in [1.807, 2.05) is 30.3 Å². The van der Waals surface area contributed by atoms with Crippen molar-refractivity contribution < 1.29 is 18.4 Å². The fourth-order valence-electron chi connectivity index (χ4n) is 3.22. The van der Waals surface area contributed by atoms with E-state index in [1.54, 1.807) is 6.07 Å². The molecule has 4 rings (SSSR count). The molecule has 3 aromatic rings.